The zero-order valence-corrected chi connectivity index (χ0v) is 15.6. The highest BCUT2D eigenvalue weighted by molar-refractivity contribution is 9.10. The van der Waals surface area contributed by atoms with Crippen LogP contribution in [0.1, 0.15) is 5.56 Å². The minimum Gasteiger partial charge on any atom is -0.490 e. The van der Waals surface area contributed by atoms with Crippen molar-refractivity contribution in [1.82, 2.24) is 5.32 Å². The Hall–Kier alpha value is -2.44. The van der Waals surface area contributed by atoms with Crippen LogP contribution < -0.4 is 15.0 Å². The maximum atomic E-state index is 12.7. The quantitative estimate of drug-likeness (QED) is 0.450. The first kappa shape index (κ1) is 17.4. The summed E-state index contributed by atoms with van der Waals surface area (Å²) >= 11 is 8.69. The molecule has 25 heavy (non-hydrogen) atoms. The molecule has 126 valence electrons. The molecule has 0 saturated carbocycles. The molecule has 1 aliphatic heterocycles. The van der Waals surface area contributed by atoms with E-state index >= 15 is 0 Å². The highest BCUT2D eigenvalue weighted by Gasteiger charge is 2.31. The van der Waals surface area contributed by atoms with Gasteiger partial charge in [0.2, 0.25) is 0 Å². The zero-order chi connectivity index (χ0) is 17.8. The van der Waals surface area contributed by atoms with Crippen molar-refractivity contribution in [2.24, 2.45) is 0 Å². The Bertz CT molecular complexity index is 845. The van der Waals surface area contributed by atoms with Crippen molar-refractivity contribution in [2.75, 3.05) is 11.5 Å². The Morgan fingerprint density at radius 1 is 1.16 bits per heavy atom. The number of anilines is 1. The number of hydrogen-bond donors (Lipinski definition) is 1. The standard InChI is InChI=1S/C19H15BrN2O2S/c1-2-11-24-16-9-3-13(4-10-16)12-17-18(23)22(19(25)21-17)15-7-5-14(20)6-8-15/h2-10,12H,1,11H2,(H,21,25)/b17-12+. The van der Waals surface area contributed by atoms with Crippen LogP contribution in [0.5, 0.6) is 5.75 Å². The molecule has 0 aromatic heterocycles. The van der Waals surface area contributed by atoms with Gasteiger partial charge in [-0.1, -0.05) is 40.7 Å². The van der Waals surface area contributed by atoms with Gasteiger partial charge in [-0.2, -0.15) is 0 Å². The summed E-state index contributed by atoms with van der Waals surface area (Å²) in [5, 5.41) is 3.34. The van der Waals surface area contributed by atoms with Crippen molar-refractivity contribution in [2.45, 2.75) is 0 Å². The number of benzene rings is 2. The molecule has 2 aromatic carbocycles. The number of rotatable bonds is 5. The third kappa shape index (κ3) is 3.97. The lowest BCUT2D eigenvalue weighted by molar-refractivity contribution is -0.113. The summed E-state index contributed by atoms with van der Waals surface area (Å²) in [5.41, 5.74) is 2.04. The number of hydrogen-bond acceptors (Lipinski definition) is 3. The second-order valence-corrected chi connectivity index (χ2v) is 6.58. The topological polar surface area (TPSA) is 41.6 Å². The largest absolute Gasteiger partial charge is 0.490 e. The van der Waals surface area contributed by atoms with Crippen molar-refractivity contribution < 1.29 is 9.53 Å². The van der Waals surface area contributed by atoms with E-state index in [0.29, 0.717) is 17.4 Å². The third-order valence-corrected chi connectivity index (χ3v) is 4.34. The van der Waals surface area contributed by atoms with Gasteiger partial charge in [0.15, 0.2) is 5.11 Å². The Labute approximate surface area is 159 Å². The summed E-state index contributed by atoms with van der Waals surface area (Å²) in [7, 11) is 0. The normalized spacial score (nSPS) is 15.4. The number of amides is 1. The third-order valence-electron chi connectivity index (χ3n) is 3.52. The lowest BCUT2D eigenvalue weighted by Crippen LogP contribution is -2.30. The van der Waals surface area contributed by atoms with E-state index < -0.39 is 0 Å². The molecule has 6 heteroatoms. The van der Waals surface area contributed by atoms with Gasteiger partial charge in [-0.25, -0.2) is 0 Å². The van der Waals surface area contributed by atoms with Gasteiger partial charge in [0.05, 0.1) is 5.69 Å². The fourth-order valence-electron chi connectivity index (χ4n) is 2.34. The highest BCUT2D eigenvalue weighted by atomic mass is 79.9. The van der Waals surface area contributed by atoms with Crippen molar-refractivity contribution >= 4 is 50.9 Å². The molecule has 4 nitrogen and oxygen atoms in total. The highest BCUT2D eigenvalue weighted by Crippen LogP contribution is 2.24. The van der Waals surface area contributed by atoms with Gasteiger partial charge < -0.3 is 10.1 Å². The molecule has 2 aromatic rings. The van der Waals surface area contributed by atoms with E-state index in [4.69, 9.17) is 17.0 Å². The first-order valence-corrected chi connectivity index (χ1v) is 8.75. The number of carbonyl (C=O) groups excluding carboxylic acids is 1. The van der Waals surface area contributed by atoms with Crippen LogP contribution in [-0.4, -0.2) is 17.6 Å². The van der Waals surface area contributed by atoms with Crippen LogP contribution in [0.25, 0.3) is 6.08 Å². The summed E-state index contributed by atoms with van der Waals surface area (Å²) in [5.74, 6) is 0.569. The minimum absolute atomic E-state index is 0.181. The van der Waals surface area contributed by atoms with Crippen molar-refractivity contribution in [3.8, 4) is 5.75 Å². The van der Waals surface area contributed by atoms with E-state index in [9.17, 15) is 4.79 Å². The number of thiocarbonyl (C=S) groups is 1. The Balaban J connectivity index is 1.80. The van der Waals surface area contributed by atoms with E-state index in [2.05, 4.69) is 27.8 Å². The average molecular weight is 415 g/mol. The second kappa shape index (κ2) is 7.63. The van der Waals surface area contributed by atoms with Gasteiger partial charge in [0, 0.05) is 4.47 Å². The summed E-state index contributed by atoms with van der Waals surface area (Å²) in [6.07, 6.45) is 3.46. The summed E-state index contributed by atoms with van der Waals surface area (Å²) in [6, 6.07) is 14.9. The lowest BCUT2D eigenvalue weighted by Gasteiger charge is -2.13. The van der Waals surface area contributed by atoms with Gasteiger partial charge in [-0.15, -0.1) is 0 Å². The first-order chi connectivity index (χ1) is 12.1. The fourth-order valence-corrected chi connectivity index (χ4v) is 2.90. The Morgan fingerprint density at radius 2 is 1.84 bits per heavy atom. The van der Waals surface area contributed by atoms with Gasteiger partial charge in [0.1, 0.15) is 18.1 Å². The molecular formula is C19H15BrN2O2S. The predicted molar refractivity (Wildman–Crippen MR) is 107 cm³/mol. The van der Waals surface area contributed by atoms with Crippen molar-refractivity contribution in [3.05, 3.63) is 76.9 Å². The summed E-state index contributed by atoms with van der Waals surface area (Å²) in [6.45, 7) is 4.07. The monoisotopic (exact) mass is 414 g/mol. The molecule has 0 unspecified atom stereocenters. The van der Waals surface area contributed by atoms with Crippen molar-refractivity contribution in [1.29, 1.82) is 0 Å². The van der Waals surface area contributed by atoms with Crippen LogP contribution in [0.2, 0.25) is 0 Å². The van der Waals surface area contributed by atoms with Gasteiger partial charge in [0.25, 0.3) is 5.91 Å². The van der Waals surface area contributed by atoms with Gasteiger partial charge >= 0.3 is 0 Å². The summed E-state index contributed by atoms with van der Waals surface area (Å²) < 4.78 is 6.39. The molecule has 0 aliphatic carbocycles. The molecule has 0 atom stereocenters. The number of halogens is 1. The molecule has 1 aliphatic rings. The predicted octanol–water partition coefficient (Wildman–Crippen LogP) is 4.28. The van der Waals surface area contributed by atoms with Crippen LogP contribution in [0.4, 0.5) is 5.69 Å². The molecule has 1 amide bonds. The minimum atomic E-state index is -0.181. The molecule has 0 bridgehead atoms. The van der Waals surface area contributed by atoms with Crippen LogP contribution in [-0.2, 0) is 4.79 Å². The molecule has 1 fully saturated rings. The van der Waals surface area contributed by atoms with E-state index in [-0.39, 0.29) is 5.91 Å². The molecule has 3 rings (SSSR count). The van der Waals surface area contributed by atoms with E-state index in [0.717, 1.165) is 21.5 Å². The molecule has 1 saturated heterocycles. The van der Waals surface area contributed by atoms with Gasteiger partial charge in [-0.05, 0) is 60.3 Å². The maximum absolute atomic E-state index is 12.7. The van der Waals surface area contributed by atoms with Crippen LogP contribution in [0, 0.1) is 0 Å². The fraction of sp³-hybridized carbons (Fsp3) is 0.0526. The number of ether oxygens (including phenoxy) is 1. The molecule has 0 radical (unpaired) electrons. The molecule has 1 heterocycles. The number of nitrogens with zero attached hydrogens (tertiary/aromatic N) is 1. The van der Waals surface area contributed by atoms with E-state index in [1.54, 1.807) is 12.2 Å². The molecular weight excluding hydrogens is 400 g/mol. The van der Waals surface area contributed by atoms with Crippen LogP contribution in [0.3, 0.4) is 0 Å². The number of carbonyl (C=O) groups is 1. The average Bonchev–Trinajstić information content (AvgIpc) is 2.89. The molecule has 1 N–H and O–H groups in total. The van der Waals surface area contributed by atoms with E-state index in [1.807, 2.05) is 48.5 Å². The maximum Gasteiger partial charge on any atom is 0.281 e. The van der Waals surface area contributed by atoms with E-state index in [1.165, 1.54) is 4.90 Å². The number of nitrogens with one attached hydrogen (secondary N) is 1. The lowest BCUT2D eigenvalue weighted by atomic mass is 10.2. The van der Waals surface area contributed by atoms with Crippen LogP contribution >= 0.6 is 28.1 Å². The Kier molecular flexibility index (Phi) is 5.31. The second-order valence-electron chi connectivity index (χ2n) is 5.27. The first-order valence-electron chi connectivity index (χ1n) is 7.55. The SMILES string of the molecule is C=CCOc1ccc(/C=C2/NC(=S)N(c3ccc(Br)cc3)C2=O)cc1. The van der Waals surface area contributed by atoms with Crippen LogP contribution in [0.15, 0.2) is 71.4 Å². The Morgan fingerprint density at radius 3 is 2.48 bits per heavy atom. The van der Waals surface area contributed by atoms with Crippen molar-refractivity contribution in [3.63, 3.8) is 0 Å². The van der Waals surface area contributed by atoms with Gasteiger partial charge in [-0.3, -0.25) is 9.69 Å². The summed E-state index contributed by atoms with van der Waals surface area (Å²) in [4.78, 5) is 14.2. The zero-order valence-electron chi connectivity index (χ0n) is 13.2. The smallest absolute Gasteiger partial charge is 0.281 e. The molecule has 0 spiro atoms.